The summed E-state index contributed by atoms with van der Waals surface area (Å²) in [5, 5.41) is 3.64. The number of nitrogens with zero attached hydrogens (tertiary/aromatic N) is 2. The van der Waals surface area contributed by atoms with Gasteiger partial charge in [0.05, 0.1) is 0 Å². The Labute approximate surface area is 116 Å². The van der Waals surface area contributed by atoms with Gasteiger partial charge in [-0.05, 0) is 31.1 Å². The third-order valence-corrected chi connectivity index (χ3v) is 4.33. The predicted octanol–water partition coefficient (Wildman–Crippen LogP) is 3.25. The van der Waals surface area contributed by atoms with Crippen molar-refractivity contribution in [1.29, 1.82) is 0 Å². The standard InChI is InChI=1S/C15H26N4/c1-4-11-14(16)17-9-18-15(11)19-13-8-6-5-7-12(13)10(2)3/h9-10,12-13H,4-8H2,1-3H3,(H3,16,17,18,19). The van der Waals surface area contributed by atoms with Gasteiger partial charge in [0.25, 0.3) is 0 Å². The van der Waals surface area contributed by atoms with Crippen LogP contribution in [0.5, 0.6) is 0 Å². The Morgan fingerprint density at radius 2 is 2.05 bits per heavy atom. The molecule has 1 fully saturated rings. The summed E-state index contributed by atoms with van der Waals surface area (Å²) in [7, 11) is 0. The van der Waals surface area contributed by atoms with E-state index in [1.54, 1.807) is 6.33 Å². The average molecular weight is 262 g/mol. The highest BCUT2D eigenvalue weighted by Crippen LogP contribution is 2.33. The average Bonchev–Trinajstić information content (AvgIpc) is 2.39. The molecule has 1 heterocycles. The van der Waals surface area contributed by atoms with Gasteiger partial charge in [0.1, 0.15) is 18.0 Å². The van der Waals surface area contributed by atoms with Crippen LogP contribution >= 0.6 is 0 Å². The van der Waals surface area contributed by atoms with Crippen molar-refractivity contribution in [2.24, 2.45) is 11.8 Å². The molecule has 4 heteroatoms. The Kier molecular flexibility index (Phi) is 4.61. The molecule has 0 saturated heterocycles. The van der Waals surface area contributed by atoms with Crippen molar-refractivity contribution < 1.29 is 0 Å². The molecule has 3 N–H and O–H groups in total. The van der Waals surface area contributed by atoms with Gasteiger partial charge in [0.15, 0.2) is 0 Å². The van der Waals surface area contributed by atoms with Gasteiger partial charge >= 0.3 is 0 Å². The Hall–Kier alpha value is -1.32. The molecule has 1 saturated carbocycles. The lowest BCUT2D eigenvalue weighted by Crippen LogP contribution is -2.35. The first-order chi connectivity index (χ1) is 9.13. The van der Waals surface area contributed by atoms with E-state index in [1.807, 2.05) is 0 Å². The third-order valence-electron chi connectivity index (χ3n) is 4.33. The van der Waals surface area contributed by atoms with E-state index in [-0.39, 0.29) is 0 Å². The highest BCUT2D eigenvalue weighted by molar-refractivity contribution is 5.55. The molecule has 2 atom stereocenters. The highest BCUT2D eigenvalue weighted by Gasteiger charge is 2.28. The molecular formula is C15H26N4. The van der Waals surface area contributed by atoms with Gasteiger partial charge in [0.2, 0.25) is 0 Å². The van der Waals surface area contributed by atoms with Gasteiger partial charge in [-0.25, -0.2) is 9.97 Å². The molecule has 2 rings (SSSR count). The zero-order valence-electron chi connectivity index (χ0n) is 12.3. The molecule has 106 valence electrons. The number of aromatic nitrogens is 2. The van der Waals surface area contributed by atoms with Crippen molar-refractivity contribution in [1.82, 2.24) is 9.97 Å². The fourth-order valence-corrected chi connectivity index (χ4v) is 3.21. The number of nitrogens with one attached hydrogen (secondary N) is 1. The van der Waals surface area contributed by atoms with E-state index in [0.29, 0.717) is 17.8 Å². The number of anilines is 2. The van der Waals surface area contributed by atoms with Crippen LogP contribution in [-0.2, 0) is 6.42 Å². The van der Waals surface area contributed by atoms with Gasteiger partial charge in [-0.3, -0.25) is 0 Å². The summed E-state index contributed by atoms with van der Waals surface area (Å²) in [6, 6.07) is 0.522. The molecule has 2 unspecified atom stereocenters. The second kappa shape index (κ2) is 6.22. The molecule has 1 aliphatic rings. The van der Waals surface area contributed by atoms with E-state index in [1.165, 1.54) is 25.7 Å². The summed E-state index contributed by atoms with van der Waals surface area (Å²) in [6.45, 7) is 6.74. The summed E-state index contributed by atoms with van der Waals surface area (Å²) in [4.78, 5) is 8.48. The van der Waals surface area contributed by atoms with E-state index >= 15 is 0 Å². The maximum absolute atomic E-state index is 5.94. The van der Waals surface area contributed by atoms with Gasteiger partial charge in [-0.2, -0.15) is 0 Å². The molecule has 0 amide bonds. The maximum Gasteiger partial charge on any atom is 0.134 e. The number of hydrogen-bond acceptors (Lipinski definition) is 4. The van der Waals surface area contributed by atoms with Gasteiger partial charge in [-0.15, -0.1) is 0 Å². The zero-order chi connectivity index (χ0) is 13.8. The first-order valence-corrected chi connectivity index (χ1v) is 7.49. The minimum absolute atomic E-state index is 0.522. The SMILES string of the molecule is CCc1c(N)ncnc1NC1CCCCC1C(C)C. The topological polar surface area (TPSA) is 63.8 Å². The van der Waals surface area contributed by atoms with Crippen molar-refractivity contribution in [2.45, 2.75) is 58.9 Å². The van der Waals surface area contributed by atoms with E-state index < -0.39 is 0 Å². The molecule has 0 aromatic carbocycles. The first-order valence-electron chi connectivity index (χ1n) is 7.49. The molecule has 0 bridgehead atoms. The minimum atomic E-state index is 0.522. The van der Waals surface area contributed by atoms with Crippen LogP contribution in [0, 0.1) is 11.8 Å². The number of rotatable bonds is 4. The fourth-order valence-electron chi connectivity index (χ4n) is 3.21. The molecule has 1 aliphatic carbocycles. The molecule has 0 aliphatic heterocycles. The van der Waals surface area contributed by atoms with Crippen molar-refractivity contribution in [3.05, 3.63) is 11.9 Å². The molecule has 1 aromatic heterocycles. The Morgan fingerprint density at radius 3 is 2.74 bits per heavy atom. The van der Waals surface area contributed by atoms with Crippen molar-refractivity contribution in [3.63, 3.8) is 0 Å². The summed E-state index contributed by atoms with van der Waals surface area (Å²) >= 11 is 0. The maximum atomic E-state index is 5.94. The van der Waals surface area contributed by atoms with Crippen LogP contribution in [0.15, 0.2) is 6.33 Å². The minimum Gasteiger partial charge on any atom is -0.383 e. The van der Waals surface area contributed by atoms with Crippen molar-refractivity contribution in [3.8, 4) is 0 Å². The van der Waals surface area contributed by atoms with Gasteiger partial charge in [-0.1, -0.05) is 33.6 Å². The van der Waals surface area contributed by atoms with Crippen molar-refractivity contribution in [2.75, 3.05) is 11.1 Å². The number of nitrogen functional groups attached to an aromatic ring is 1. The molecule has 0 radical (unpaired) electrons. The Balaban J connectivity index is 2.17. The zero-order valence-corrected chi connectivity index (χ0v) is 12.3. The van der Waals surface area contributed by atoms with E-state index in [9.17, 15) is 0 Å². The lowest BCUT2D eigenvalue weighted by Gasteiger charge is -2.35. The van der Waals surface area contributed by atoms with Crippen LogP contribution in [0.1, 0.15) is 52.0 Å². The summed E-state index contributed by atoms with van der Waals surface area (Å²) < 4.78 is 0. The third kappa shape index (κ3) is 3.17. The second-order valence-corrected chi connectivity index (χ2v) is 5.88. The molecule has 19 heavy (non-hydrogen) atoms. The van der Waals surface area contributed by atoms with Crippen LogP contribution in [0.3, 0.4) is 0 Å². The molecule has 0 spiro atoms. The number of nitrogens with two attached hydrogens (primary N) is 1. The molecule has 4 nitrogen and oxygen atoms in total. The monoisotopic (exact) mass is 262 g/mol. The number of hydrogen-bond donors (Lipinski definition) is 2. The van der Waals surface area contributed by atoms with Crippen LogP contribution in [0.2, 0.25) is 0 Å². The smallest absolute Gasteiger partial charge is 0.134 e. The summed E-state index contributed by atoms with van der Waals surface area (Å²) in [5.74, 6) is 2.99. The first kappa shape index (κ1) is 14.1. The van der Waals surface area contributed by atoms with E-state index in [0.717, 1.165) is 23.7 Å². The fraction of sp³-hybridized carbons (Fsp3) is 0.733. The quantitative estimate of drug-likeness (QED) is 0.874. The molecule has 1 aromatic rings. The summed E-state index contributed by atoms with van der Waals surface area (Å²) in [5.41, 5.74) is 6.99. The van der Waals surface area contributed by atoms with Gasteiger partial charge in [0, 0.05) is 11.6 Å². The van der Waals surface area contributed by atoms with Crippen molar-refractivity contribution >= 4 is 11.6 Å². The Bertz CT molecular complexity index is 417. The van der Waals surface area contributed by atoms with Crippen LogP contribution in [0.4, 0.5) is 11.6 Å². The lowest BCUT2D eigenvalue weighted by atomic mass is 9.78. The van der Waals surface area contributed by atoms with Crippen LogP contribution in [-0.4, -0.2) is 16.0 Å². The normalized spacial score (nSPS) is 23.6. The van der Waals surface area contributed by atoms with E-state index in [4.69, 9.17) is 5.73 Å². The highest BCUT2D eigenvalue weighted by atomic mass is 15.1. The largest absolute Gasteiger partial charge is 0.383 e. The Morgan fingerprint density at radius 1 is 1.32 bits per heavy atom. The summed E-state index contributed by atoms with van der Waals surface area (Å²) in [6.07, 6.45) is 7.64. The van der Waals surface area contributed by atoms with E-state index in [2.05, 4.69) is 36.1 Å². The lowest BCUT2D eigenvalue weighted by molar-refractivity contribution is 0.253. The van der Waals surface area contributed by atoms with Crippen LogP contribution < -0.4 is 11.1 Å². The van der Waals surface area contributed by atoms with Gasteiger partial charge < -0.3 is 11.1 Å². The second-order valence-electron chi connectivity index (χ2n) is 5.88. The van der Waals surface area contributed by atoms with Crippen LogP contribution in [0.25, 0.3) is 0 Å². The predicted molar refractivity (Wildman–Crippen MR) is 80.0 cm³/mol. The molecular weight excluding hydrogens is 236 g/mol.